The molecule has 1 saturated heterocycles. The number of likely N-dealkylation sites (tertiary alicyclic amines) is 1. The van der Waals surface area contributed by atoms with Crippen LogP contribution in [0.1, 0.15) is 24.4 Å². The number of aliphatic carboxylic acids is 1. The van der Waals surface area contributed by atoms with Gasteiger partial charge in [-0.05, 0) is 12.0 Å². The summed E-state index contributed by atoms with van der Waals surface area (Å²) in [6.45, 7) is 0.463. The van der Waals surface area contributed by atoms with Gasteiger partial charge in [0.25, 0.3) is 0 Å². The third-order valence-electron chi connectivity index (χ3n) is 3.19. The van der Waals surface area contributed by atoms with Gasteiger partial charge < -0.3 is 15.3 Å². The number of nitrogens with zero attached hydrogens (tertiary/aromatic N) is 1. The summed E-state index contributed by atoms with van der Waals surface area (Å²) >= 11 is 0. The Morgan fingerprint density at radius 2 is 2.00 bits per heavy atom. The van der Waals surface area contributed by atoms with Gasteiger partial charge in [0.2, 0.25) is 11.8 Å². The molecule has 2 rings (SSSR count). The van der Waals surface area contributed by atoms with Crippen molar-refractivity contribution in [3.05, 3.63) is 35.9 Å². The average Bonchev–Trinajstić information content (AvgIpc) is 2.82. The molecular formula is C14H16N2O4. The normalized spacial score (nSPS) is 16.0. The lowest BCUT2D eigenvalue weighted by Gasteiger charge is -2.18. The molecule has 1 heterocycles. The second-order valence-electron chi connectivity index (χ2n) is 4.67. The van der Waals surface area contributed by atoms with Crippen LogP contribution >= 0.6 is 0 Å². The summed E-state index contributed by atoms with van der Waals surface area (Å²) in [7, 11) is 0. The minimum atomic E-state index is -1.13. The lowest BCUT2D eigenvalue weighted by molar-refractivity contribution is -0.142. The number of rotatable bonds is 5. The molecule has 1 fully saturated rings. The molecule has 2 N–H and O–H groups in total. The van der Waals surface area contributed by atoms with Gasteiger partial charge in [-0.2, -0.15) is 0 Å². The zero-order valence-electron chi connectivity index (χ0n) is 10.9. The van der Waals surface area contributed by atoms with E-state index in [9.17, 15) is 19.5 Å². The Morgan fingerprint density at radius 1 is 1.30 bits per heavy atom. The standard InChI is InChI=1S/C14H16N2O4/c17-11(9-16-8-4-7-12(16)18)15-13(14(19)20)10-5-2-1-3-6-10/h1-3,5-6,13H,4,7-9H2,(H,15,17)(H,19,20)/t13-/m0/s1. The first kappa shape index (κ1) is 14.0. The lowest BCUT2D eigenvalue weighted by atomic mass is 10.1. The molecule has 20 heavy (non-hydrogen) atoms. The first-order valence-corrected chi connectivity index (χ1v) is 6.43. The van der Waals surface area contributed by atoms with E-state index in [1.165, 1.54) is 4.90 Å². The Bertz CT molecular complexity index is 515. The SMILES string of the molecule is O=C(CN1CCCC1=O)N[C@H](C(=O)O)c1ccccc1. The van der Waals surface area contributed by atoms with Crippen LogP contribution < -0.4 is 5.32 Å². The highest BCUT2D eigenvalue weighted by molar-refractivity contribution is 5.89. The highest BCUT2D eigenvalue weighted by Crippen LogP contribution is 2.13. The fraction of sp³-hybridized carbons (Fsp3) is 0.357. The maximum absolute atomic E-state index is 11.9. The van der Waals surface area contributed by atoms with Crippen molar-refractivity contribution < 1.29 is 19.5 Å². The minimum absolute atomic E-state index is 0.0632. The van der Waals surface area contributed by atoms with E-state index < -0.39 is 17.9 Å². The second-order valence-corrected chi connectivity index (χ2v) is 4.67. The molecule has 106 valence electrons. The topological polar surface area (TPSA) is 86.7 Å². The summed E-state index contributed by atoms with van der Waals surface area (Å²) in [6, 6.07) is 7.37. The number of carbonyl (C=O) groups is 3. The molecule has 0 radical (unpaired) electrons. The van der Waals surface area contributed by atoms with Crippen LogP contribution in [0, 0.1) is 0 Å². The minimum Gasteiger partial charge on any atom is -0.479 e. The van der Waals surface area contributed by atoms with Crippen molar-refractivity contribution >= 4 is 17.8 Å². The number of amides is 2. The highest BCUT2D eigenvalue weighted by Gasteiger charge is 2.26. The molecule has 6 nitrogen and oxygen atoms in total. The van der Waals surface area contributed by atoms with Gasteiger partial charge in [-0.3, -0.25) is 9.59 Å². The molecule has 0 unspecified atom stereocenters. The van der Waals surface area contributed by atoms with Crippen LogP contribution in [0.15, 0.2) is 30.3 Å². The Morgan fingerprint density at radius 3 is 2.55 bits per heavy atom. The van der Waals surface area contributed by atoms with Crippen molar-refractivity contribution in [2.45, 2.75) is 18.9 Å². The molecule has 2 amide bonds. The van der Waals surface area contributed by atoms with E-state index in [0.29, 0.717) is 18.5 Å². The van der Waals surface area contributed by atoms with Gasteiger partial charge in [0.05, 0.1) is 6.54 Å². The zero-order valence-corrected chi connectivity index (χ0v) is 10.9. The molecular weight excluding hydrogens is 260 g/mol. The predicted molar refractivity (Wildman–Crippen MR) is 70.8 cm³/mol. The van der Waals surface area contributed by atoms with Crippen molar-refractivity contribution in [3.63, 3.8) is 0 Å². The second kappa shape index (κ2) is 6.18. The third-order valence-corrected chi connectivity index (χ3v) is 3.19. The number of benzene rings is 1. The van der Waals surface area contributed by atoms with E-state index >= 15 is 0 Å². The average molecular weight is 276 g/mol. The molecule has 6 heteroatoms. The number of hydrogen-bond donors (Lipinski definition) is 2. The van der Waals surface area contributed by atoms with Crippen molar-refractivity contribution in [1.29, 1.82) is 0 Å². The Kier molecular flexibility index (Phi) is 4.34. The van der Waals surface area contributed by atoms with Crippen molar-refractivity contribution in [1.82, 2.24) is 10.2 Å². The van der Waals surface area contributed by atoms with Crippen LogP contribution in [-0.4, -0.2) is 40.9 Å². The summed E-state index contributed by atoms with van der Waals surface area (Å²) in [5, 5.41) is 11.6. The highest BCUT2D eigenvalue weighted by atomic mass is 16.4. The van der Waals surface area contributed by atoms with Gasteiger partial charge in [-0.25, -0.2) is 4.79 Å². The summed E-state index contributed by atoms with van der Waals surface area (Å²) < 4.78 is 0. The number of carboxylic acids is 1. The van der Waals surface area contributed by atoms with Crippen LogP contribution in [0.25, 0.3) is 0 Å². The van der Waals surface area contributed by atoms with Gasteiger partial charge in [0.1, 0.15) is 0 Å². The molecule has 1 aliphatic rings. The monoisotopic (exact) mass is 276 g/mol. The quantitative estimate of drug-likeness (QED) is 0.822. The van der Waals surface area contributed by atoms with Crippen LogP contribution in [-0.2, 0) is 14.4 Å². The summed E-state index contributed by atoms with van der Waals surface area (Å²) in [4.78, 5) is 36.0. The first-order valence-electron chi connectivity index (χ1n) is 6.43. The predicted octanol–water partition coefficient (Wildman–Crippen LogP) is 0.551. The van der Waals surface area contributed by atoms with Gasteiger partial charge in [0.15, 0.2) is 6.04 Å². The lowest BCUT2D eigenvalue weighted by Crippen LogP contribution is -2.41. The van der Waals surface area contributed by atoms with E-state index in [2.05, 4.69) is 5.32 Å². The van der Waals surface area contributed by atoms with Crippen LogP contribution in [0.5, 0.6) is 0 Å². The molecule has 1 aliphatic heterocycles. The molecule has 0 bridgehead atoms. The maximum Gasteiger partial charge on any atom is 0.330 e. The molecule has 0 saturated carbocycles. The van der Waals surface area contributed by atoms with Crippen molar-refractivity contribution in [2.75, 3.05) is 13.1 Å². The Hall–Kier alpha value is -2.37. The molecule has 0 aliphatic carbocycles. The van der Waals surface area contributed by atoms with Gasteiger partial charge >= 0.3 is 5.97 Å². The number of carbonyl (C=O) groups excluding carboxylic acids is 2. The fourth-order valence-electron chi connectivity index (χ4n) is 2.18. The maximum atomic E-state index is 11.9. The first-order chi connectivity index (χ1) is 9.58. The molecule has 1 atom stereocenters. The third kappa shape index (κ3) is 3.34. The van der Waals surface area contributed by atoms with E-state index in [4.69, 9.17) is 0 Å². The molecule has 0 spiro atoms. The van der Waals surface area contributed by atoms with Gasteiger partial charge in [-0.1, -0.05) is 30.3 Å². The van der Waals surface area contributed by atoms with Crippen LogP contribution in [0.4, 0.5) is 0 Å². The van der Waals surface area contributed by atoms with E-state index in [-0.39, 0.29) is 12.5 Å². The van der Waals surface area contributed by atoms with E-state index in [0.717, 1.165) is 6.42 Å². The number of nitrogens with one attached hydrogen (secondary N) is 1. The smallest absolute Gasteiger partial charge is 0.330 e. The summed E-state index contributed by atoms with van der Waals surface area (Å²) in [5.74, 6) is -1.65. The molecule has 1 aromatic carbocycles. The zero-order chi connectivity index (χ0) is 14.5. The molecule has 0 aromatic heterocycles. The van der Waals surface area contributed by atoms with Gasteiger partial charge in [-0.15, -0.1) is 0 Å². The van der Waals surface area contributed by atoms with Crippen molar-refractivity contribution in [3.8, 4) is 0 Å². The Labute approximate surface area is 116 Å². The fourth-order valence-corrected chi connectivity index (χ4v) is 2.18. The van der Waals surface area contributed by atoms with Crippen LogP contribution in [0.3, 0.4) is 0 Å². The Balaban J connectivity index is 2.00. The van der Waals surface area contributed by atoms with Crippen molar-refractivity contribution in [2.24, 2.45) is 0 Å². The van der Waals surface area contributed by atoms with Crippen LogP contribution in [0.2, 0.25) is 0 Å². The molecule has 1 aromatic rings. The number of hydrogen-bond acceptors (Lipinski definition) is 3. The summed E-state index contributed by atoms with van der Waals surface area (Å²) in [6.07, 6.45) is 1.20. The van der Waals surface area contributed by atoms with E-state index in [1.807, 2.05) is 0 Å². The number of carboxylic acid groups (broad SMARTS) is 1. The largest absolute Gasteiger partial charge is 0.479 e. The summed E-state index contributed by atoms with van der Waals surface area (Å²) in [5.41, 5.74) is 0.501. The van der Waals surface area contributed by atoms with Gasteiger partial charge in [0, 0.05) is 13.0 Å². The van der Waals surface area contributed by atoms with E-state index in [1.54, 1.807) is 30.3 Å².